The molecule has 0 bridgehead atoms. The van der Waals surface area contributed by atoms with Crippen molar-refractivity contribution in [3.05, 3.63) is 89.5 Å². The van der Waals surface area contributed by atoms with Crippen molar-refractivity contribution >= 4 is 41.3 Å². The van der Waals surface area contributed by atoms with Gasteiger partial charge >= 0.3 is 5.97 Å². The van der Waals surface area contributed by atoms with Gasteiger partial charge in [0.25, 0.3) is 5.91 Å². The third kappa shape index (κ3) is 16.8. The summed E-state index contributed by atoms with van der Waals surface area (Å²) in [7, 11) is 0. The molecule has 0 aliphatic carbocycles. The van der Waals surface area contributed by atoms with E-state index < -0.39 is 66.6 Å². The van der Waals surface area contributed by atoms with E-state index in [2.05, 4.69) is 59.5 Å². The molecule has 298 valence electrons. The summed E-state index contributed by atoms with van der Waals surface area (Å²) in [6.07, 6.45) is 10.1. The number of phenolic OH excluding ortho intramolecular Hbond substituents is 1. The summed E-state index contributed by atoms with van der Waals surface area (Å²) in [5, 5.41) is 31.7. The van der Waals surface area contributed by atoms with Gasteiger partial charge in [-0.15, -0.1) is 0 Å². The second-order valence-corrected chi connectivity index (χ2v) is 13.1. The minimum Gasteiger partial charge on any atom is -0.508 e. The Hall–Kier alpha value is -5.79. The average Bonchev–Trinajstić information content (AvgIpc) is 3.16. The quantitative estimate of drug-likeness (QED) is 0.0614. The lowest BCUT2D eigenvalue weighted by atomic mass is 9.93. The smallest absolute Gasteiger partial charge is 0.330 e. The zero-order valence-electron chi connectivity index (χ0n) is 32.1. The Bertz CT molecular complexity index is 1670. The summed E-state index contributed by atoms with van der Waals surface area (Å²) in [6.45, 7) is 6.90. The molecule has 0 aromatic heterocycles. The Balaban J connectivity index is 2.03. The van der Waals surface area contributed by atoms with E-state index in [0.717, 1.165) is 19.3 Å². The molecule has 0 radical (unpaired) electrons. The van der Waals surface area contributed by atoms with Crippen LogP contribution in [0.1, 0.15) is 89.8 Å². The standard InChI is InChI=1S/C41H55N5O9/c1-5-8-10-18-29(7-3)27(4)16-13-22-34(48)42-25-35(49)44-33(24-28-17-14-21-31(47)23-28)39(52)45-32(15-6-2)38(51)40(53)43-26-36(50)46-37(41(54)55)30-19-11-9-12-20-30/h8-12,14,17-21,23,27,32-33,37,47H,5-7,13,15-16,22,24-26H2,1-4H3,(H,42,48)(H,43,53)(H,44,49)(H,45,52)(H,46,50)(H,54,55)/b10-8-,29-18+. The van der Waals surface area contributed by atoms with Crippen LogP contribution >= 0.6 is 0 Å². The van der Waals surface area contributed by atoms with Crippen molar-refractivity contribution in [2.24, 2.45) is 5.92 Å². The molecule has 0 saturated heterocycles. The van der Waals surface area contributed by atoms with Crippen molar-refractivity contribution < 1.29 is 43.8 Å². The van der Waals surface area contributed by atoms with E-state index in [1.54, 1.807) is 37.3 Å². The Kier molecular flexibility index (Phi) is 20.2. The summed E-state index contributed by atoms with van der Waals surface area (Å²) >= 11 is 0. The zero-order valence-corrected chi connectivity index (χ0v) is 32.1. The normalized spacial score (nSPS) is 13.5. The molecule has 0 heterocycles. The molecular weight excluding hydrogens is 706 g/mol. The Morgan fingerprint density at radius 2 is 1.47 bits per heavy atom. The molecule has 5 amide bonds. The lowest BCUT2D eigenvalue weighted by Crippen LogP contribution is -2.55. The first-order valence-electron chi connectivity index (χ1n) is 18.7. The average molecular weight is 762 g/mol. The van der Waals surface area contributed by atoms with Crippen molar-refractivity contribution in [1.29, 1.82) is 0 Å². The molecule has 55 heavy (non-hydrogen) atoms. The Labute approximate surface area is 322 Å². The van der Waals surface area contributed by atoms with Gasteiger partial charge in [-0.2, -0.15) is 0 Å². The number of carbonyl (C=O) groups is 7. The van der Waals surface area contributed by atoms with E-state index in [1.807, 2.05) is 6.08 Å². The molecule has 2 aromatic rings. The highest BCUT2D eigenvalue weighted by Crippen LogP contribution is 2.21. The van der Waals surface area contributed by atoms with E-state index in [1.165, 1.54) is 29.8 Å². The number of hydrogen-bond donors (Lipinski definition) is 7. The summed E-state index contributed by atoms with van der Waals surface area (Å²) in [5.41, 5.74) is 2.09. The molecule has 0 fully saturated rings. The largest absolute Gasteiger partial charge is 0.508 e. The first-order valence-corrected chi connectivity index (χ1v) is 18.7. The molecule has 0 spiro atoms. The van der Waals surface area contributed by atoms with Crippen LogP contribution in [-0.2, 0) is 40.0 Å². The van der Waals surface area contributed by atoms with Gasteiger partial charge in [-0.1, -0.05) is 100 Å². The second-order valence-electron chi connectivity index (χ2n) is 13.1. The van der Waals surface area contributed by atoms with Crippen LogP contribution in [-0.4, -0.2) is 76.7 Å². The monoisotopic (exact) mass is 761 g/mol. The number of rotatable bonds is 24. The fraction of sp³-hybridized carbons (Fsp3) is 0.439. The van der Waals surface area contributed by atoms with Crippen LogP contribution in [0.5, 0.6) is 5.75 Å². The molecule has 0 aliphatic heterocycles. The van der Waals surface area contributed by atoms with Crippen LogP contribution in [0.4, 0.5) is 0 Å². The predicted octanol–water partition coefficient (Wildman–Crippen LogP) is 3.56. The van der Waals surface area contributed by atoms with Crippen molar-refractivity contribution in [1.82, 2.24) is 26.6 Å². The number of nitrogens with one attached hydrogen (secondary N) is 5. The summed E-state index contributed by atoms with van der Waals surface area (Å²) in [6, 6.07) is 10.00. The van der Waals surface area contributed by atoms with E-state index >= 15 is 0 Å². The zero-order chi connectivity index (χ0) is 40.8. The summed E-state index contributed by atoms with van der Waals surface area (Å²) in [5.74, 6) is -5.97. The highest BCUT2D eigenvalue weighted by Gasteiger charge is 2.31. The topological polar surface area (TPSA) is 220 Å². The first kappa shape index (κ1) is 45.4. The molecule has 0 saturated carbocycles. The highest BCUT2D eigenvalue weighted by atomic mass is 16.4. The fourth-order valence-electron chi connectivity index (χ4n) is 5.73. The molecule has 4 unspecified atom stereocenters. The molecule has 14 heteroatoms. The van der Waals surface area contributed by atoms with Gasteiger partial charge < -0.3 is 36.8 Å². The summed E-state index contributed by atoms with van der Waals surface area (Å²) < 4.78 is 0. The maximum absolute atomic E-state index is 13.6. The lowest BCUT2D eigenvalue weighted by Gasteiger charge is -2.23. The van der Waals surface area contributed by atoms with E-state index in [4.69, 9.17) is 0 Å². The number of ketones is 1. The van der Waals surface area contributed by atoms with Gasteiger partial charge in [0.1, 0.15) is 11.8 Å². The van der Waals surface area contributed by atoms with Crippen LogP contribution in [0.15, 0.2) is 78.4 Å². The number of amides is 5. The number of allylic oxidation sites excluding steroid dienone is 4. The van der Waals surface area contributed by atoms with Crippen LogP contribution in [0.25, 0.3) is 0 Å². The number of phenols is 1. The van der Waals surface area contributed by atoms with Crippen LogP contribution in [0.2, 0.25) is 0 Å². The van der Waals surface area contributed by atoms with E-state index in [-0.39, 0.29) is 30.9 Å². The molecule has 2 aromatic carbocycles. The number of Topliss-reactive ketones (excluding diaryl/α,β-unsaturated/α-hetero) is 1. The maximum Gasteiger partial charge on any atom is 0.330 e. The number of carbonyl (C=O) groups excluding carboxylic acids is 6. The van der Waals surface area contributed by atoms with Crippen molar-refractivity contribution in [2.45, 2.75) is 97.2 Å². The minimum absolute atomic E-state index is 0.0474. The third-order valence-corrected chi connectivity index (χ3v) is 8.74. The van der Waals surface area contributed by atoms with E-state index in [0.29, 0.717) is 29.9 Å². The number of benzene rings is 2. The van der Waals surface area contributed by atoms with Crippen molar-refractivity contribution in [3.8, 4) is 5.75 Å². The fourth-order valence-corrected chi connectivity index (χ4v) is 5.73. The van der Waals surface area contributed by atoms with Gasteiger partial charge in [-0.05, 0) is 61.3 Å². The Morgan fingerprint density at radius 1 is 0.782 bits per heavy atom. The highest BCUT2D eigenvalue weighted by molar-refractivity contribution is 6.38. The first-order chi connectivity index (χ1) is 26.3. The maximum atomic E-state index is 13.6. The number of carboxylic acid groups (broad SMARTS) is 1. The molecular formula is C41H55N5O9. The van der Waals surface area contributed by atoms with Gasteiger partial charge in [0, 0.05) is 12.8 Å². The summed E-state index contributed by atoms with van der Waals surface area (Å²) in [4.78, 5) is 89.4. The molecule has 4 atom stereocenters. The van der Waals surface area contributed by atoms with Crippen LogP contribution < -0.4 is 26.6 Å². The van der Waals surface area contributed by atoms with Crippen LogP contribution in [0, 0.1) is 5.92 Å². The lowest BCUT2D eigenvalue weighted by molar-refractivity contribution is -0.142. The Morgan fingerprint density at radius 3 is 2.11 bits per heavy atom. The number of aromatic hydroxyl groups is 1. The van der Waals surface area contributed by atoms with Crippen LogP contribution in [0.3, 0.4) is 0 Å². The molecule has 14 nitrogen and oxygen atoms in total. The minimum atomic E-state index is -1.39. The SMILES string of the molecule is CC/C=C\C=C(/CC)C(C)CCCC(=O)NCC(=O)NC(Cc1cccc(O)c1)C(=O)NC(CCC)C(=O)C(=O)NCC(=O)NC(C(=O)O)c1ccccc1. The van der Waals surface area contributed by atoms with Crippen molar-refractivity contribution in [2.75, 3.05) is 13.1 Å². The number of aliphatic carboxylic acids is 1. The van der Waals surface area contributed by atoms with E-state index in [9.17, 15) is 43.8 Å². The van der Waals surface area contributed by atoms with Gasteiger partial charge in [0.2, 0.25) is 29.4 Å². The predicted molar refractivity (Wildman–Crippen MR) is 207 cm³/mol. The van der Waals surface area contributed by atoms with Gasteiger partial charge in [-0.25, -0.2) is 4.79 Å². The third-order valence-electron chi connectivity index (χ3n) is 8.74. The molecule has 0 aliphatic rings. The van der Waals surface area contributed by atoms with Gasteiger partial charge in [-0.3, -0.25) is 28.8 Å². The van der Waals surface area contributed by atoms with Gasteiger partial charge in [0.15, 0.2) is 6.04 Å². The van der Waals surface area contributed by atoms with Gasteiger partial charge in [0.05, 0.1) is 19.1 Å². The van der Waals surface area contributed by atoms with Crippen molar-refractivity contribution in [3.63, 3.8) is 0 Å². The molecule has 2 rings (SSSR count). The number of hydrogen-bond acceptors (Lipinski definition) is 8. The number of carboxylic acids is 1. The second kappa shape index (κ2) is 24.5. The molecule has 7 N–H and O–H groups in total.